The molecule has 0 unspecified atom stereocenters. The lowest BCUT2D eigenvalue weighted by molar-refractivity contribution is 0.101. The van der Waals surface area contributed by atoms with Crippen molar-refractivity contribution in [1.82, 2.24) is 10.2 Å². The average molecular weight is 268 g/mol. The minimum absolute atomic E-state index is 0.159. The smallest absolute Gasteiger partial charge is 0.179 e. The Balaban J connectivity index is 2.40. The first kappa shape index (κ1) is 12.2. The van der Waals surface area contributed by atoms with E-state index in [2.05, 4.69) is 10.2 Å². The third-order valence-corrected chi connectivity index (χ3v) is 4.05. The maximum atomic E-state index is 13.7. The predicted molar refractivity (Wildman–Crippen MR) is 65.2 cm³/mol. The SMILES string of the molecule is CC(=O)c1cccc(F)c1Sc1nnc(C)s1. The first-order valence-corrected chi connectivity index (χ1v) is 6.48. The van der Waals surface area contributed by atoms with E-state index in [1.54, 1.807) is 6.07 Å². The molecule has 1 heterocycles. The Bertz CT molecular complexity index is 568. The maximum absolute atomic E-state index is 13.7. The lowest BCUT2D eigenvalue weighted by atomic mass is 10.1. The summed E-state index contributed by atoms with van der Waals surface area (Å²) in [5.41, 5.74) is 0.378. The van der Waals surface area contributed by atoms with Gasteiger partial charge in [-0.1, -0.05) is 35.2 Å². The predicted octanol–water partition coefficient (Wildman–Crippen LogP) is 3.34. The molecule has 6 heteroatoms. The number of aromatic nitrogens is 2. The highest BCUT2D eigenvalue weighted by molar-refractivity contribution is 8.01. The van der Waals surface area contributed by atoms with Crippen LogP contribution < -0.4 is 0 Å². The third kappa shape index (κ3) is 2.70. The summed E-state index contributed by atoms with van der Waals surface area (Å²) in [4.78, 5) is 11.7. The summed E-state index contributed by atoms with van der Waals surface area (Å²) < 4.78 is 14.3. The molecule has 0 aliphatic rings. The number of ketones is 1. The van der Waals surface area contributed by atoms with Gasteiger partial charge in [0.15, 0.2) is 10.1 Å². The van der Waals surface area contributed by atoms with Crippen molar-refractivity contribution in [3.05, 3.63) is 34.6 Å². The summed E-state index contributed by atoms with van der Waals surface area (Å²) in [5.74, 6) is -0.566. The van der Waals surface area contributed by atoms with Crippen LogP contribution in [0.3, 0.4) is 0 Å². The second-order valence-electron chi connectivity index (χ2n) is 3.36. The summed E-state index contributed by atoms with van der Waals surface area (Å²) in [5, 5.41) is 8.58. The number of halogens is 1. The quantitative estimate of drug-likeness (QED) is 0.801. The van der Waals surface area contributed by atoms with Gasteiger partial charge >= 0.3 is 0 Å². The fourth-order valence-electron chi connectivity index (χ4n) is 1.30. The molecule has 0 bridgehead atoms. The lowest BCUT2D eigenvalue weighted by Crippen LogP contribution is -1.97. The summed E-state index contributed by atoms with van der Waals surface area (Å²) in [6.07, 6.45) is 0. The minimum Gasteiger partial charge on any atom is -0.294 e. The Hall–Kier alpha value is -1.27. The molecule has 1 aromatic carbocycles. The van der Waals surface area contributed by atoms with Crippen LogP contribution >= 0.6 is 23.1 Å². The molecule has 0 atom stereocenters. The van der Waals surface area contributed by atoms with Gasteiger partial charge in [-0.2, -0.15) is 0 Å². The minimum atomic E-state index is -0.407. The Kier molecular flexibility index (Phi) is 3.54. The van der Waals surface area contributed by atoms with Crippen molar-refractivity contribution >= 4 is 28.9 Å². The van der Waals surface area contributed by atoms with Crippen molar-refractivity contribution in [1.29, 1.82) is 0 Å². The largest absolute Gasteiger partial charge is 0.294 e. The molecule has 0 saturated heterocycles. The van der Waals surface area contributed by atoms with Crippen LogP contribution in [0.25, 0.3) is 0 Å². The number of carbonyl (C=O) groups is 1. The molecule has 0 saturated carbocycles. The first-order chi connectivity index (χ1) is 8.08. The molecule has 1 aromatic heterocycles. The number of hydrogen-bond donors (Lipinski definition) is 0. The van der Waals surface area contributed by atoms with Gasteiger partial charge in [0.25, 0.3) is 0 Å². The van der Waals surface area contributed by atoms with Gasteiger partial charge in [-0.3, -0.25) is 4.79 Å². The van der Waals surface area contributed by atoms with E-state index in [1.807, 2.05) is 6.92 Å². The highest BCUT2D eigenvalue weighted by atomic mass is 32.2. The Morgan fingerprint density at radius 2 is 2.18 bits per heavy atom. The zero-order valence-corrected chi connectivity index (χ0v) is 10.9. The number of rotatable bonds is 3. The van der Waals surface area contributed by atoms with E-state index in [0.29, 0.717) is 14.8 Å². The van der Waals surface area contributed by atoms with Crippen LogP contribution in [0.4, 0.5) is 4.39 Å². The summed E-state index contributed by atoms with van der Waals surface area (Å²) in [6, 6.07) is 4.48. The summed E-state index contributed by atoms with van der Waals surface area (Å²) in [6.45, 7) is 3.25. The fraction of sp³-hybridized carbons (Fsp3) is 0.182. The molecule has 0 N–H and O–H groups in total. The highest BCUT2D eigenvalue weighted by Crippen LogP contribution is 2.34. The molecule has 0 aliphatic carbocycles. The number of aryl methyl sites for hydroxylation is 1. The molecule has 3 nitrogen and oxygen atoms in total. The number of hydrogen-bond acceptors (Lipinski definition) is 5. The fourth-order valence-corrected chi connectivity index (χ4v) is 3.23. The van der Waals surface area contributed by atoms with Gasteiger partial charge in [-0.05, 0) is 19.9 Å². The van der Waals surface area contributed by atoms with Gasteiger partial charge < -0.3 is 0 Å². The van der Waals surface area contributed by atoms with Crippen molar-refractivity contribution < 1.29 is 9.18 Å². The van der Waals surface area contributed by atoms with E-state index in [1.165, 1.54) is 30.4 Å². The monoisotopic (exact) mass is 268 g/mol. The second kappa shape index (κ2) is 4.93. The van der Waals surface area contributed by atoms with Crippen LogP contribution in [0.5, 0.6) is 0 Å². The normalized spacial score (nSPS) is 10.5. The molecule has 0 spiro atoms. The van der Waals surface area contributed by atoms with Gasteiger partial charge in [0.05, 0.1) is 4.90 Å². The molecule has 0 fully saturated rings. The Morgan fingerprint density at radius 3 is 2.76 bits per heavy atom. The van der Waals surface area contributed by atoms with Crippen molar-refractivity contribution in [2.45, 2.75) is 23.1 Å². The average Bonchev–Trinajstić information content (AvgIpc) is 2.67. The molecular formula is C11H9FN2OS2. The van der Waals surface area contributed by atoms with Crippen molar-refractivity contribution in [3.8, 4) is 0 Å². The number of carbonyl (C=O) groups excluding carboxylic acids is 1. The second-order valence-corrected chi connectivity index (χ2v) is 5.80. The molecule has 0 amide bonds. The van der Waals surface area contributed by atoms with Gasteiger partial charge in [-0.25, -0.2) is 4.39 Å². The third-order valence-electron chi connectivity index (χ3n) is 2.04. The number of benzene rings is 1. The molecule has 17 heavy (non-hydrogen) atoms. The van der Waals surface area contributed by atoms with Crippen LogP contribution in [-0.2, 0) is 0 Å². The van der Waals surface area contributed by atoms with E-state index in [-0.39, 0.29) is 5.78 Å². The Labute approximate surface area is 106 Å². The molecular weight excluding hydrogens is 259 g/mol. The first-order valence-electron chi connectivity index (χ1n) is 4.85. The topological polar surface area (TPSA) is 42.9 Å². The maximum Gasteiger partial charge on any atom is 0.179 e. The molecule has 2 rings (SSSR count). The van der Waals surface area contributed by atoms with Crippen molar-refractivity contribution in [3.63, 3.8) is 0 Å². The Morgan fingerprint density at radius 1 is 1.41 bits per heavy atom. The van der Waals surface area contributed by atoms with Crippen LogP contribution in [0.15, 0.2) is 27.4 Å². The van der Waals surface area contributed by atoms with Crippen molar-refractivity contribution in [2.75, 3.05) is 0 Å². The van der Waals surface area contributed by atoms with Gasteiger partial charge in [0.1, 0.15) is 10.8 Å². The van der Waals surface area contributed by atoms with Crippen LogP contribution in [0.2, 0.25) is 0 Å². The van der Waals surface area contributed by atoms with E-state index >= 15 is 0 Å². The summed E-state index contributed by atoms with van der Waals surface area (Å²) >= 11 is 2.51. The van der Waals surface area contributed by atoms with Crippen LogP contribution in [0.1, 0.15) is 22.3 Å². The highest BCUT2D eigenvalue weighted by Gasteiger charge is 2.15. The van der Waals surface area contributed by atoms with Gasteiger partial charge in [0, 0.05) is 5.56 Å². The zero-order chi connectivity index (χ0) is 12.4. The van der Waals surface area contributed by atoms with Gasteiger partial charge in [-0.15, -0.1) is 10.2 Å². The molecule has 88 valence electrons. The van der Waals surface area contributed by atoms with Gasteiger partial charge in [0.2, 0.25) is 0 Å². The van der Waals surface area contributed by atoms with Crippen LogP contribution in [-0.4, -0.2) is 16.0 Å². The van der Waals surface area contributed by atoms with E-state index in [9.17, 15) is 9.18 Å². The molecule has 2 aromatic rings. The lowest BCUT2D eigenvalue weighted by Gasteiger charge is -2.05. The van der Waals surface area contributed by atoms with Crippen molar-refractivity contribution in [2.24, 2.45) is 0 Å². The van der Waals surface area contributed by atoms with E-state index < -0.39 is 5.82 Å². The van der Waals surface area contributed by atoms with E-state index in [0.717, 1.165) is 16.8 Å². The number of Topliss-reactive ketones (excluding diaryl/α,β-unsaturated/α-hetero) is 1. The summed E-state index contributed by atoms with van der Waals surface area (Å²) in [7, 11) is 0. The molecule has 0 radical (unpaired) electrons. The standard InChI is InChI=1S/C11H9FN2OS2/c1-6(15)8-4-3-5-9(12)10(8)17-11-14-13-7(2)16-11/h3-5H,1-2H3. The zero-order valence-electron chi connectivity index (χ0n) is 9.23. The van der Waals surface area contributed by atoms with Crippen LogP contribution in [0, 0.1) is 12.7 Å². The van der Waals surface area contributed by atoms with E-state index in [4.69, 9.17) is 0 Å². The molecule has 0 aliphatic heterocycles. The number of nitrogens with zero attached hydrogens (tertiary/aromatic N) is 2.